The molecule has 7 nitrogen and oxygen atoms in total. The molecule has 0 fully saturated rings. The third-order valence-corrected chi connectivity index (χ3v) is 7.21. The van der Waals surface area contributed by atoms with Crippen LogP contribution in [0.1, 0.15) is 17.4 Å². The molecule has 0 atom stereocenters. The second kappa shape index (κ2) is 8.52. The van der Waals surface area contributed by atoms with Crippen LogP contribution in [0.15, 0.2) is 74.6 Å². The van der Waals surface area contributed by atoms with Gasteiger partial charge >= 0.3 is 0 Å². The molecule has 0 aliphatic heterocycles. The molecule has 0 saturated heterocycles. The SMILES string of the molecule is CC(=O)NS(=O)(=O)c1ccc(NC(=O)c2cc(Br)c(Br)n2-c2ccccc2)cc1. The predicted octanol–water partition coefficient (Wildman–Crippen LogP) is 4.08. The number of halogens is 2. The fourth-order valence-corrected chi connectivity index (χ4v) is 4.51. The molecule has 0 aliphatic rings. The summed E-state index contributed by atoms with van der Waals surface area (Å²) in [6.07, 6.45) is 0. The van der Waals surface area contributed by atoms with Crippen LogP contribution in [0.3, 0.4) is 0 Å². The lowest BCUT2D eigenvalue weighted by Crippen LogP contribution is -2.28. The van der Waals surface area contributed by atoms with Crippen molar-refractivity contribution in [2.45, 2.75) is 11.8 Å². The van der Waals surface area contributed by atoms with E-state index in [0.29, 0.717) is 20.5 Å². The second-order valence-electron chi connectivity index (χ2n) is 5.98. The van der Waals surface area contributed by atoms with E-state index in [2.05, 4.69) is 37.2 Å². The Kier molecular flexibility index (Phi) is 6.25. The Morgan fingerprint density at radius 2 is 1.59 bits per heavy atom. The molecule has 3 rings (SSSR count). The summed E-state index contributed by atoms with van der Waals surface area (Å²) in [5.74, 6) is -1.06. The van der Waals surface area contributed by atoms with Crippen molar-refractivity contribution >= 4 is 59.4 Å². The molecule has 10 heteroatoms. The van der Waals surface area contributed by atoms with Crippen molar-refractivity contribution in [1.29, 1.82) is 0 Å². The maximum Gasteiger partial charge on any atom is 0.272 e. The largest absolute Gasteiger partial charge is 0.321 e. The van der Waals surface area contributed by atoms with E-state index < -0.39 is 15.9 Å². The summed E-state index contributed by atoms with van der Waals surface area (Å²) >= 11 is 6.90. The fourth-order valence-electron chi connectivity index (χ4n) is 2.61. The van der Waals surface area contributed by atoms with Crippen LogP contribution in [-0.2, 0) is 14.8 Å². The Balaban J connectivity index is 1.87. The molecule has 150 valence electrons. The summed E-state index contributed by atoms with van der Waals surface area (Å²) in [7, 11) is -3.93. The second-order valence-corrected chi connectivity index (χ2v) is 9.27. The quantitative estimate of drug-likeness (QED) is 0.509. The van der Waals surface area contributed by atoms with Crippen LogP contribution < -0.4 is 10.0 Å². The van der Waals surface area contributed by atoms with Crippen LogP contribution in [0.25, 0.3) is 5.69 Å². The van der Waals surface area contributed by atoms with Crippen LogP contribution in [-0.4, -0.2) is 24.8 Å². The van der Waals surface area contributed by atoms with Gasteiger partial charge in [-0.05, 0) is 74.3 Å². The molecule has 2 N–H and O–H groups in total. The molecule has 0 spiro atoms. The van der Waals surface area contributed by atoms with Crippen LogP contribution in [0.4, 0.5) is 5.69 Å². The number of amides is 2. The maximum absolute atomic E-state index is 12.9. The van der Waals surface area contributed by atoms with Gasteiger partial charge in [-0.1, -0.05) is 18.2 Å². The molecule has 2 aromatic carbocycles. The van der Waals surface area contributed by atoms with Crippen molar-refractivity contribution in [2.75, 3.05) is 5.32 Å². The lowest BCUT2D eigenvalue weighted by atomic mass is 10.3. The molecular formula is C19H15Br2N3O4S. The smallest absolute Gasteiger partial charge is 0.272 e. The summed E-state index contributed by atoms with van der Waals surface area (Å²) < 4.78 is 29.0. The first-order chi connectivity index (χ1) is 13.7. The van der Waals surface area contributed by atoms with Crippen molar-refractivity contribution in [3.63, 3.8) is 0 Å². The molecule has 0 bridgehead atoms. The number of sulfonamides is 1. The van der Waals surface area contributed by atoms with Gasteiger partial charge < -0.3 is 5.32 Å². The standard InChI is InChI=1S/C19H15Br2N3O4S/c1-12(25)23-29(27,28)15-9-7-13(8-10-15)22-19(26)17-11-16(20)18(21)24(17)14-5-3-2-4-6-14/h2-11H,1H3,(H,22,26)(H,23,25). The third kappa shape index (κ3) is 4.77. The average molecular weight is 541 g/mol. The van der Waals surface area contributed by atoms with Gasteiger partial charge in [0.1, 0.15) is 10.3 Å². The summed E-state index contributed by atoms with van der Waals surface area (Å²) in [5, 5.41) is 2.74. The molecular weight excluding hydrogens is 526 g/mol. The zero-order valence-electron chi connectivity index (χ0n) is 15.0. The molecule has 0 aliphatic carbocycles. The van der Waals surface area contributed by atoms with E-state index >= 15 is 0 Å². The van der Waals surface area contributed by atoms with Crippen molar-refractivity contribution in [3.05, 3.63) is 75.4 Å². The number of para-hydroxylation sites is 1. The van der Waals surface area contributed by atoms with Crippen LogP contribution in [0, 0.1) is 0 Å². The number of hydrogen-bond donors (Lipinski definition) is 2. The number of hydrogen-bond acceptors (Lipinski definition) is 4. The summed E-state index contributed by atoms with van der Waals surface area (Å²) in [6.45, 7) is 1.12. The normalized spacial score (nSPS) is 11.1. The molecule has 3 aromatic rings. The van der Waals surface area contributed by atoms with E-state index in [9.17, 15) is 18.0 Å². The predicted molar refractivity (Wildman–Crippen MR) is 117 cm³/mol. The van der Waals surface area contributed by atoms with Gasteiger partial charge in [-0.25, -0.2) is 13.1 Å². The van der Waals surface area contributed by atoms with Crippen molar-refractivity contribution in [3.8, 4) is 5.69 Å². The highest BCUT2D eigenvalue weighted by Crippen LogP contribution is 2.31. The van der Waals surface area contributed by atoms with Crippen molar-refractivity contribution in [2.24, 2.45) is 0 Å². The fraction of sp³-hybridized carbons (Fsp3) is 0.0526. The highest BCUT2D eigenvalue weighted by atomic mass is 79.9. The Bertz CT molecular complexity index is 1170. The molecule has 0 saturated carbocycles. The van der Waals surface area contributed by atoms with Gasteiger partial charge in [0.15, 0.2) is 0 Å². The van der Waals surface area contributed by atoms with Crippen molar-refractivity contribution < 1.29 is 18.0 Å². The first-order valence-electron chi connectivity index (χ1n) is 8.26. The molecule has 2 amide bonds. The summed E-state index contributed by atoms with van der Waals surface area (Å²) in [4.78, 5) is 23.8. The number of benzene rings is 2. The van der Waals surface area contributed by atoms with Crippen LogP contribution >= 0.6 is 31.9 Å². The summed E-state index contributed by atoms with van der Waals surface area (Å²) in [6, 6.07) is 16.6. The number of nitrogens with one attached hydrogen (secondary N) is 2. The minimum Gasteiger partial charge on any atom is -0.321 e. The molecule has 0 unspecified atom stereocenters. The highest BCUT2D eigenvalue weighted by molar-refractivity contribution is 9.13. The van der Waals surface area contributed by atoms with E-state index in [-0.39, 0.29) is 10.8 Å². The minimum absolute atomic E-state index is 0.0798. The van der Waals surface area contributed by atoms with Gasteiger partial charge in [-0.3, -0.25) is 14.2 Å². The van der Waals surface area contributed by atoms with Gasteiger partial charge in [0.2, 0.25) is 5.91 Å². The van der Waals surface area contributed by atoms with E-state index in [4.69, 9.17) is 0 Å². The zero-order valence-corrected chi connectivity index (χ0v) is 19.0. The Morgan fingerprint density at radius 1 is 0.966 bits per heavy atom. The summed E-state index contributed by atoms with van der Waals surface area (Å²) in [5.41, 5.74) is 1.58. The van der Waals surface area contributed by atoms with Gasteiger partial charge in [-0.15, -0.1) is 0 Å². The lowest BCUT2D eigenvalue weighted by molar-refractivity contribution is -0.117. The number of nitrogens with zero attached hydrogens (tertiary/aromatic N) is 1. The maximum atomic E-state index is 12.9. The van der Waals surface area contributed by atoms with Crippen LogP contribution in [0.5, 0.6) is 0 Å². The number of carbonyl (C=O) groups is 2. The first kappa shape index (κ1) is 21.3. The number of rotatable bonds is 5. The highest BCUT2D eigenvalue weighted by Gasteiger charge is 2.20. The van der Waals surface area contributed by atoms with Gasteiger partial charge in [0.05, 0.1) is 9.37 Å². The monoisotopic (exact) mass is 539 g/mol. The third-order valence-electron chi connectivity index (χ3n) is 3.85. The van der Waals surface area contributed by atoms with Crippen LogP contribution in [0.2, 0.25) is 0 Å². The van der Waals surface area contributed by atoms with E-state index in [0.717, 1.165) is 12.6 Å². The van der Waals surface area contributed by atoms with Gasteiger partial charge in [-0.2, -0.15) is 0 Å². The zero-order chi connectivity index (χ0) is 21.2. The lowest BCUT2D eigenvalue weighted by Gasteiger charge is -2.12. The average Bonchev–Trinajstić information content (AvgIpc) is 2.97. The molecule has 29 heavy (non-hydrogen) atoms. The van der Waals surface area contributed by atoms with E-state index in [1.165, 1.54) is 24.3 Å². The first-order valence-corrected chi connectivity index (χ1v) is 11.3. The Hall–Kier alpha value is -2.43. The Labute approximate surface area is 184 Å². The Morgan fingerprint density at radius 3 is 2.17 bits per heavy atom. The van der Waals surface area contributed by atoms with Crippen molar-refractivity contribution in [1.82, 2.24) is 9.29 Å². The molecule has 1 heterocycles. The van der Waals surface area contributed by atoms with E-state index in [1.807, 2.05) is 35.1 Å². The molecule has 1 aromatic heterocycles. The molecule has 0 radical (unpaired) electrons. The van der Waals surface area contributed by atoms with Gasteiger partial charge in [0.25, 0.3) is 15.9 Å². The number of anilines is 1. The van der Waals surface area contributed by atoms with Gasteiger partial charge in [0, 0.05) is 18.3 Å². The number of carbonyl (C=O) groups excluding carboxylic acids is 2. The number of aromatic nitrogens is 1. The minimum atomic E-state index is -3.93. The topological polar surface area (TPSA) is 97.3 Å². The van der Waals surface area contributed by atoms with E-state index in [1.54, 1.807) is 10.6 Å².